The Morgan fingerprint density at radius 2 is 1.61 bits per heavy atom. The van der Waals surface area contributed by atoms with Gasteiger partial charge in [-0.05, 0) is 59.2 Å². The van der Waals surface area contributed by atoms with Crippen LogP contribution in [0.15, 0.2) is 24.3 Å². The zero-order chi connectivity index (χ0) is 17.8. The average molecular weight is 341 g/mol. The molecule has 5 nitrogen and oxygen atoms in total. The highest BCUT2D eigenvalue weighted by Gasteiger charge is 2.31. The van der Waals surface area contributed by atoms with E-state index in [0.717, 1.165) is 0 Å². The summed E-state index contributed by atoms with van der Waals surface area (Å²) in [6.07, 6.45) is 0. The molecule has 1 unspecified atom stereocenters. The van der Waals surface area contributed by atoms with Crippen molar-refractivity contribution >= 4 is 17.0 Å². The van der Waals surface area contributed by atoms with E-state index in [-0.39, 0.29) is 0 Å². The standard InChI is InChI=1S/C17H27NO4S/c1-16(2,3)22-15(19)14(18-23(20)17(4,5)6)12-8-10-13(21-7)11-9-12/h8-11,14,18H,1-7H3/t14-,23?/m1/s1. The number of carbonyl (C=O) groups excluding carboxylic acids is 1. The molecular weight excluding hydrogens is 314 g/mol. The highest BCUT2D eigenvalue weighted by molar-refractivity contribution is 7.84. The average Bonchev–Trinajstić information content (AvgIpc) is 2.41. The van der Waals surface area contributed by atoms with Crippen molar-refractivity contribution in [3.05, 3.63) is 29.8 Å². The summed E-state index contributed by atoms with van der Waals surface area (Å²) in [5.41, 5.74) is 0.0600. The van der Waals surface area contributed by atoms with Crippen molar-refractivity contribution in [3.8, 4) is 5.75 Å². The molecule has 0 saturated heterocycles. The Kier molecular flexibility index (Phi) is 6.36. The molecule has 1 aromatic carbocycles. The molecule has 0 aliphatic heterocycles. The molecule has 1 N–H and O–H groups in total. The van der Waals surface area contributed by atoms with Gasteiger partial charge in [0, 0.05) is 0 Å². The summed E-state index contributed by atoms with van der Waals surface area (Å²) in [4.78, 5) is 12.5. The molecule has 0 heterocycles. The Balaban J connectivity index is 3.09. The fraction of sp³-hybridized carbons (Fsp3) is 0.588. The normalized spacial score (nSPS) is 14.9. The number of benzene rings is 1. The molecule has 130 valence electrons. The minimum Gasteiger partial charge on any atom is -0.497 e. The van der Waals surface area contributed by atoms with E-state index in [1.54, 1.807) is 52.1 Å². The van der Waals surface area contributed by atoms with Gasteiger partial charge in [0.15, 0.2) is 0 Å². The van der Waals surface area contributed by atoms with Crippen LogP contribution >= 0.6 is 0 Å². The molecule has 0 saturated carbocycles. The fourth-order valence-electron chi connectivity index (χ4n) is 1.69. The first-order valence-corrected chi connectivity index (χ1v) is 8.64. The summed E-state index contributed by atoms with van der Waals surface area (Å²) < 4.78 is 25.4. The molecule has 1 rings (SSSR count). The summed E-state index contributed by atoms with van der Waals surface area (Å²) in [7, 11) is 0.171. The Bertz CT molecular complexity index is 555. The van der Waals surface area contributed by atoms with Crippen LogP contribution < -0.4 is 9.46 Å². The highest BCUT2D eigenvalue weighted by Crippen LogP contribution is 2.23. The van der Waals surface area contributed by atoms with Gasteiger partial charge in [0.2, 0.25) is 0 Å². The van der Waals surface area contributed by atoms with Crippen LogP contribution in [0.2, 0.25) is 0 Å². The lowest BCUT2D eigenvalue weighted by atomic mass is 10.1. The number of rotatable bonds is 5. The van der Waals surface area contributed by atoms with Gasteiger partial charge in [-0.1, -0.05) is 12.1 Å². The lowest BCUT2D eigenvalue weighted by molar-refractivity contribution is -0.157. The Morgan fingerprint density at radius 3 is 2.00 bits per heavy atom. The van der Waals surface area contributed by atoms with Gasteiger partial charge >= 0.3 is 5.97 Å². The van der Waals surface area contributed by atoms with Crippen LogP contribution in [0.4, 0.5) is 0 Å². The van der Waals surface area contributed by atoms with Crippen LogP contribution in [0.1, 0.15) is 53.1 Å². The molecule has 0 fully saturated rings. The molecule has 0 spiro atoms. The summed E-state index contributed by atoms with van der Waals surface area (Å²) in [5.74, 6) is 0.230. The predicted molar refractivity (Wildman–Crippen MR) is 92.6 cm³/mol. The van der Waals surface area contributed by atoms with Gasteiger partial charge < -0.3 is 9.47 Å². The van der Waals surface area contributed by atoms with Crippen molar-refractivity contribution in [2.24, 2.45) is 0 Å². The summed E-state index contributed by atoms with van der Waals surface area (Å²) in [6.45, 7) is 10.9. The monoisotopic (exact) mass is 341 g/mol. The van der Waals surface area contributed by atoms with Crippen LogP contribution in [-0.2, 0) is 20.5 Å². The maximum absolute atomic E-state index is 12.5. The topological polar surface area (TPSA) is 64.6 Å². The quantitative estimate of drug-likeness (QED) is 0.836. The molecule has 0 bridgehead atoms. The maximum Gasteiger partial charge on any atom is 0.329 e. The maximum atomic E-state index is 12.5. The first-order chi connectivity index (χ1) is 10.4. The van der Waals surface area contributed by atoms with E-state index in [4.69, 9.17) is 9.47 Å². The third kappa shape index (κ3) is 6.31. The molecule has 0 aromatic heterocycles. The second kappa shape index (κ2) is 7.45. The second-order valence-electron chi connectivity index (χ2n) is 7.24. The van der Waals surface area contributed by atoms with Gasteiger partial charge in [0.05, 0.1) is 22.8 Å². The van der Waals surface area contributed by atoms with Crippen LogP contribution in [0.3, 0.4) is 0 Å². The van der Waals surface area contributed by atoms with Crippen LogP contribution in [0.5, 0.6) is 5.75 Å². The molecular formula is C17H27NO4S. The van der Waals surface area contributed by atoms with Gasteiger partial charge in [0.25, 0.3) is 0 Å². The second-order valence-corrected chi connectivity index (χ2v) is 9.24. The van der Waals surface area contributed by atoms with Crippen molar-refractivity contribution in [3.63, 3.8) is 0 Å². The highest BCUT2D eigenvalue weighted by atomic mass is 32.2. The minimum absolute atomic E-state index is 0.458. The minimum atomic E-state index is -1.41. The van der Waals surface area contributed by atoms with E-state index in [1.807, 2.05) is 20.8 Å². The molecule has 0 aliphatic carbocycles. The molecule has 0 radical (unpaired) electrons. The molecule has 6 heteroatoms. The third-order valence-corrected chi connectivity index (χ3v) is 4.43. The first kappa shape index (κ1) is 19.6. The lowest BCUT2D eigenvalue weighted by Gasteiger charge is -2.27. The predicted octanol–water partition coefficient (Wildman–Crippen LogP) is 3.13. The van der Waals surface area contributed by atoms with Gasteiger partial charge in [-0.2, -0.15) is 0 Å². The number of esters is 1. The van der Waals surface area contributed by atoms with E-state index >= 15 is 0 Å². The zero-order valence-electron chi connectivity index (χ0n) is 14.9. The Hall–Kier alpha value is -1.40. The zero-order valence-corrected chi connectivity index (χ0v) is 15.7. The Morgan fingerprint density at radius 1 is 1.09 bits per heavy atom. The number of nitrogens with one attached hydrogen (secondary N) is 1. The van der Waals surface area contributed by atoms with Gasteiger partial charge in [-0.3, -0.25) is 0 Å². The summed E-state index contributed by atoms with van der Waals surface area (Å²) in [5, 5.41) is 0. The van der Waals surface area contributed by atoms with Crippen molar-refractivity contribution < 1.29 is 18.5 Å². The Labute approximate surface area is 141 Å². The smallest absolute Gasteiger partial charge is 0.329 e. The van der Waals surface area contributed by atoms with Gasteiger partial charge in [-0.15, -0.1) is 0 Å². The molecule has 0 aliphatic rings. The van der Waals surface area contributed by atoms with Crippen LogP contribution in [0.25, 0.3) is 0 Å². The van der Waals surface area contributed by atoms with Crippen molar-refractivity contribution in [2.75, 3.05) is 7.11 Å². The number of methoxy groups -OCH3 is 1. The largest absolute Gasteiger partial charge is 0.497 e. The van der Waals surface area contributed by atoms with Gasteiger partial charge in [0.1, 0.15) is 17.4 Å². The van der Waals surface area contributed by atoms with Crippen LogP contribution in [-0.4, -0.2) is 27.6 Å². The van der Waals surface area contributed by atoms with Crippen molar-refractivity contribution in [2.45, 2.75) is 57.9 Å². The van der Waals surface area contributed by atoms with Crippen molar-refractivity contribution in [1.29, 1.82) is 0 Å². The lowest BCUT2D eigenvalue weighted by Crippen LogP contribution is -2.41. The van der Waals surface area contributed by atoms with E-state index < -0.39 is 33.3 Å². The van der Waals surface area contributed by atoms with Crippen molar-refractivity contribution in [1.82, 2.24) is 4.72 Å². The third-order valence-electron chi connectivity index (χ3n) is 2.87. The van der Waals surface area contributed by atoms with E-state index in [0.29, 0.717) is 11.3 Å². The summed E-state index contributed by atoms with van der Waals surface area (Å²) >= 11 is 0. The fourth-order valence-corrected chi connectivity index (χ4v) is 2.49. The SMILES string of the molecule is COc1ccc([C@@H](NS(=O)C(C)(C)C)C(=O)OC(C)(C)C)cc1. The molecule has 2 atom stereocenters. The number of hydrogen-bond acceptors (Lipinski definition) is 4. The van der Waals surface area contributed by atoms with Gasteiger partial charge in [-0.25, -0.2) is 13.7 Å². The van der Waals surface area contributed by atoms with E-state index in [2.05, 4.69) is 4.72 Å². The van der Waals surface area contributed by atoms with E-state index in [1.165, 1.54) is 0 Å². The number of ether oxygens (including phenoxy) is 2. The summed E-state index contributed by atoms with van der Waals surface area (Å²) in [6, 6.07) is 6.24. The number of carbonyl (C=O) groups is 1. The molecule has 1 aromatic rings. The number of hydrogen-bond donors (Lipinski definition) is 1. The molecule has 0 amide bonds. The van der Waals surface area contributed by atoms with Crippen LogP contribution in [0, 0.1) is 0 Å². The first-order valence-electron chi connectivity index (χ1n) is 7.49. The molecule has 23 heavy (non-hydrogen) atoms. The van der Waals surface area contributed by atoms with E-state index in [9.17, 15) is 9.00 Å².